The summed E-state index contributed by atoms with van der Waals surface area (Å²) in [5.74, 6) is 1.79. The molecule has 0 amide bonds. The number of rotatable bonds is 6. The normalized spacial score (nSPS) is 13.0. The zero-order valence-corrected chi connectivity index (χ0v) is 37.5. The summed E-state index contributed by atoms with van der Waals surface area (Å²) < 4.78 is 15.3. The van der Waals surface area contributed by atoms with Crippen molar-refractivity contribution in [1.29, 1.82) is 0 Å². The molecule has 0 saturated heterocycles. The van der Waals surface area contributed by atoms with Crippen LogP contribution in [0.3, 0.4) is 0 Å². The van der Waals surface area contributed by atoms with Gasteiger partial charge in [0.15, 0.2) is 17.5 Å². The summed E-state index contributed by atoms with van der Waals surface area (Å²) in [6.45, 7) is 0. The van der Waals surface area contributed by atoms with Crippen molar-refractivity contribution in [2.75, 3.05) is 0 Å². The van der Waals surface area contributed by atoms with Crippen molar-refractivity contribution in [3.63, 3.8) is 0 Å². The highest BCUT2D eigenvalue weighted by atomic mass is 16.3. The van der Waals surface area contributed by atoms with E-state index < -0.39 is 5.41 Å². The van der Waals surface area contributed by atoms with Crippen molar-refractivity contribution in [2.24, 2.45) is 0 Å². The van der Waals surface area contributed by atoms with Crippen molar-refractivity contribution in [2.45, 2.75) is 5.41 Å². The van der Waals surface area contributed by atoms with Gasteiger partial charge in [0.1, 0.15) is 27.7 Å². The molecule has 0 radical (unpaired) electrons. The van der Waals surface area contributed by atoms with Crippen LogP contribution < -0.4 is 0 Å². The van der Waals surface area contributed by atoms with E-state index in [1.54, 1.807) is 0 Å². The highest BCUT2D eigenvalue weighted by molar-refractivity contribution is 6.13. The lowest BCUT2D eigenvalue weighted by atomic mass is 9.70. The number of benzene rings is 10. The monoisotopic (exact) mass is 894 g/mol. The summed E-state index contributed by atoms with van der Waals surface area (Å²) in [4.78, 5) is 16.7. The summed E-state index contributed by atoms with van der Waals surface area (Å²) in [6.07, 6.45) is 0. The molecule has 1 aliphatic carbocycles. The van der Waals surface area contributed by atoms with Gasteiger partial charge in [-0.25, -0.2) is 15.0 Å². The molecule has 0 spiro atoms. The van der Waals surface area contributed by atoms with Crippen molar-refractivity contribution in [3.05, 3.63) is 253 Å². The molecule has 14 aromatic rings. The van der Waals surface area contributed by atoms with Crippen LogP contribution >= 0.6 is 0 Å². The SMILES string of the molecule is c1ccc2c(c1)-c1ccccc1C2(c1nc(-c2ccc(-c3cccc4oc5ccccc5c34)cc2)nc(-c2ccc(-n3c4ccccc4c4ccccc43)cc2)n1)c1cccc2oc3ccccc3c12. The summed E-state index contributed by atoms with van der Waals surface area (Å²) in [5.41, 5.74) is 15.3. The maximum absolute atomic E-state index is 6.62. The van der Waals surface area contributed by atoms with E-state index in [4.69, 9.17) is 23.8 Å². The van der Waals surface area contributed by atoms with Gasteiger partial charge in [-0.1, -0.05) is 170 Å². The zero-order valence-electron chi connectivity index (χ0n) is 37.5. The zero-order chi connectivity index (χ0) is 45.9. The van der Waals surface area contributed by atoms with Crippen LogP contribution in [-0.4, -0.2) is 19.5 Å². The maximum Gasteiger partial charge on any atom is 0.163 e. The lowest BCUT2D eigenvalue weighted by Crippen LogP contribution is -2.32. The Morgan fingerprint density at radius 1 is 0.314 bits per heavy atom. The molecular weight excluding hydrogens is 857 g/mol. The van der Waals surface area contributed by atoms with E-state index in [0.717, 1.165) is 111 Å². The average molecular weight is 895 g/mol. The van der Waals surface area contributed by atoms with Crippen molar-refractivity contribution in [3.8, 4) is 50.7 Å². The summed E-state index contributed by atoms with van der Waals surface area (Å²) in [6, 6.07) is 81.1. The molecule has 4 heterocycles. The molecule has 0 bridgehead atoms. The molecule has 0 aliphatic heterocycles. The third-order valence-electron chi connectivity index (χ3n) is 14.6. The molecule has 15 rings (SSSR count). The lowest BCUT2D eigenvalue weighted by molar-refractivity contribution is 0.665. The van der Waals surface area contributed by atoms with E-state index in [1.165, 1.54) is 10.8 Å². The van der Waals surface area contributed by atoms with Crippen LogP contribution in [0.5, 0.6) is 0 Å². The molecule has 1 aliphatic rings. The number of fused-ring (bicyclic) bond motifs is 12. The molecule has 0 atom stereocenters. The molecular formula is C64H38N4O2. The van der Waals surface area contributed by atoms with Crippen LogP contribution in [-0.2, 0) is 5.41 Å². The van der Waals surface area contributed by atoms with E-state index >= 15 is 0 Å². The van der Waals surface area contributed by atoms with Gasteiger partial charge in [0.25, 0.3) is 0 Å². The molecule has 326 valence electrons. The van der Waals surface area contributed by atoms with Gasteiger partial charge in [0.2, 0.25) is 0 Å². The molecule has 0 N–H and O–H groups in total. The number of nitrogens with zero attached hydrogens (tertiary/aromatic N) is 4. The molecule has 10 aromatic carbocycles. The van der Waals surface area contributed by atoms with Crippen LogP contribution in [0.4, 0.5) is 0 Å². The Morgan fingerprint density at radius 2 is 0.743 bits per heavy atom. The standard InChI is InChI=1S/C64H38N4O2/c1-7-22-50-44(15-1)45-16-2-8-23-51(45)64(50,52-24-14-30-58-60(52)49-20-6-12-28-56(49)70-58)63-66-61(40-33-31-39(32-34-40)43-21-13-29-57-59(43)48-19-5-11-27-55(48)69-57)65-62(67-63)41-35-37-42(38-36-41)68-53-25-9-3-17-46(53)47-18-4-10-26-54(47)68/h1-38H. The maximum atomic E-state index is 6.62. The molecule has 0 saturated carbocycles. The fraction of sp³-hybridized carbons (Fsp3) is 0.0156. The van der Waals surface area contributed by atoms with Crippen molar-refractivity contribution < 1.29 is 8.83 Å². The Labute approximate surface area is 401 Å². The fourth-order valence-corrected chi connectivity index (χ4v) is 11.5. The predicted molar refractivity (Wildman–Crippen MR) is 282 cm³/mol. The van der Waals surface area contributed by atoms with E-state index in [2.05, 4.69) is 205 Å². The summed E-state index contributed by atoms with van der Waals surface area (Å²) >= 11 is 0. The molecule has 0 fully saturated rings. The van der Waals surface area contributed by atoms with Crippen LogP contribution in [0, 0.1) is 0 Å². The number of hydrogen-bond acceptors (Lipinski definition) is 5. The Bertz CT molecular complexity index is 4330. The third-order valence-corrected chi connectivity index (χ3v) is 14.6. The topological polar surface area (TPSA) is 69.9 Å². The smallest absolute Gasteiger partial charge is 0.163 e. The summed E-state index contributed by atoms with van der Waals surface area (Å²) in [5, 5.41) is 6.71. The second-order valence-electron chi connectivity index (χ2n) is 18.2. The molecule has 4 aromatic heterocycles. The number of hydrogen-bond donors (Lipinski definition) is 0. The predicted octanol–water partition coefficient (Wildman–Crippen LogP) is 16.1. The number of aromatic nitrogens is 4. The van der Waals surface area contributed by atoms with Crippen molar-refractivity contribution >= 4 is 65.7 Å². The third kappa shape index (κ3) is 5.47. The Morgan fingerprint density at radius 3 is 1.36 bits per heavy atom. The number of para-hydroxylation sites is 4. The minimum Gasteiger partial charge on any atom is -0.456 e. The highest BCUT2D eigenvalue weighted by Crippen LogP contribution is 2.57. The Kier molecular flexibility index (Phi) is 8.18. The van der Waals surface area contributed by atoms with Crippen LogP contribution in [0.2, 0.25) is 0 Å². The Hall–Kier alpha value is -9.39. The summed E-state index contributed by atoms with van der Waals surface area (Å²) in [7, 11) is 0. The van der Waals surface area contributed by atoms with Crippen LogP contribution in [0.15, 0.2) is 239 Å². The Balaban J connectivity index is 0.981. The quantitative estimate of drug-likeness (QED) is 0.166. The molecule has 6 heteroatoms. The van der Waals surface area contributed by atoms with E-state index in [9.17, 15) is 0 Å². The lowest BCUT2D eigenvalue weighted by Gasteiger charge is -2.32. The molecule has 70 heavy (non-hydrogen) atoms. The average Bonchev–Trinajstić information content (AvgIpc) is 4.19. The number of furan rings is 2. The second kappa shape index (κ2) is 14.8. The molecule has 6 nitrogen and oxygen atoms in total. The van der Waals surface area contributed by atoms with Crippen LogP contribution in [0.25, 0.3) is 116 Å². The van der Waals surface area contributed by atoms with Gasteiger partial charge in [-0.15, -0.1) is 0 Å². The van der Waals surface area contributed by atoms with Gasteiger partial charge < -0.3 is 13.4 Å². The molecule has 0 unspecified atom stereocenters. The first-order valence-corrected chi connectivity index (χ1v) is 23.7. The van der Waals surface area contributed by atoms with E-state index in [-0.39, 0.29) is 0 Å². The minimum atomic E-state index is -0.966. The van der Waals surface area contributed by atoms with Gasteiger partial charge in [0, 0.05) is 49.1 Å². The van der Waals surface area contributed by atoms with Gasteiger partial charge >= 0.3 is 0 Å². The first-order chi connectivity index (χ1) is 34.7. The second-order valence-corrected chi connectivity index (χ2v) is 18.2. The van der Waals surface area contributed by atoms with Gasteiger partial charge in [-0.05, 0) is 99.6 Å². The largest absolute Gasteiger partial charge is 0.456 e. The minimum absolute atomic E-state index is 0.579. The van der Waals surface area contributed by atoms with E-state index in [0.29, 0.717) is 17.5 Å². The first kappa shape index (κ1) is 38.7. The van der Waals surface area contributed by atoms with Gasteiger partial charge in [-0.2, -0.15) is 0 Å². The van der Waals surface area contributed by atoms with Gasteiger partial charge in [0.05, 0.1) is 11.0 Å². The van der Waals surface area contributed by atoms with E-state index in [1.807, 2.05) is 30.3 Å². The van der Waals surface area contributed by atoms with Crippen molar-refractivity contribution in [1.82, 2.24) is 19.5 Å². The first-order valence-electron chi connectivity index (χ1n) is 23.7. The van der Waals surface area contributed by atoms with Crippen LogP contribution in [0.1, 0.15) is 22.5 Å². The fourth-order valence-electron chi connectivity index (χ4n) is 11.5. The highest BCUT2D eigenvalue weighted by Gasteiger charge is 2.50. The van der Waals surface area contributed by atoms with Gasteiger partial charge in [-0.3, -0.25) is 0 Å².